The molecule has 1 nitrogen and oxygen atoms in total. The van der Waals surface area contributed by atoms with Crippen LogP contribution in [0.4, 0.5) is 0 Å². The third-order valence-electron chi connectivity index (χ3n) is 2.51. The summed E-state index contributed by atoms with van der Waals surface area (Å²) in [6.07, 6.45) is 9.22. The standard InChI is InChI=1S/C13H14OS/c14-10-11-6-8-13(9-7-11)15-12-4-2-1-3-5-12/h2,4,6-10,12H,1,3,5H2. The Balaban J connectivity index is 2.00. The molecule has 0 bridgehead atoms. The Morgan fingerprint density at radius 1 is 1.27 bits per heavy atom. The van der Waals surface area contributed by atoms with Crippen molar-refractivity contribution in [1.29, 1.82) is 0 Å². The average Bonchev–Trinajstić information content (AvgIpc) is 2.31. The minimum atomic E-state index is 0.612. The van der Waals surface area contributed by atoms with Crippen molar-refractivity contribution < 1.29 is 4.79 Å². The van der Waals surface area contributed by atoms with E-state index in [2.05, 4.69) is 12.2 Å². The molecule has 0 saturated carbocycles. The third kappa shape index (κ3) is 2.96. The number of allylic oxidation sites excluding steroid dienone is 1. The Labute approximate surface area is 94.6 Å². The highest BCUT2D eigenvalue weighted by molar-refractivity contribution is 8.00. The monoisotopic (exact) mass is 218 g/mol. The van der Waals surface area contributed by atoms with Gasteiger partial charge in [-0.25, -0.2) is 0 Å². The van der Waals surface area contributed by atoms with Crippen molar-refractivity contribution in [3.05, 3.63) is 42.0 Å². The van der Waals surface area contributed by atoms with E-state index in [-0.39, 0.29) is 0 Å². The molecule has 1 atom stereocenters. The van der Waals surface area contributed by atoms with Gasteiger partial charge >= 0.3 is 0 Å². The summed E-state index contributed by atoms with van der Waals surface area (Å²) in [6, 6.07) is 7.80. The predicted octanol–water partition coefficient (Wildman–Crippen LogP) is 3.70. The molecule has 1 aliphatic carbocycles. The minimum absolute atomic E-state index is 0.612. The Bertz CT molecular complexity index is 353. The normalized spacial score (nSPS) is 20.1. The smallest absolute Gasteiger partial charge is 0.150 e. The van der Waals surface area contributed by atoms with Gasteiger partial charge in [-0.3, -0.25) is 4.79 Å². The summed E-state index contributed by atoms with van der Waals surface area (Å²) in [5.41, 5.74) is 0.749. The van der Waals surface area contributed by atoms with Gasteiger partial charge in [0.2, 0.25) is 0 Å². The molecule has 1 unspecified atom stereocenters. The maximum Gasteiger partial charge on any atom is 0.150 e. The van der Waals surface area contributed by atoms with Gasteiger partial charge in [0.15, 0.2) is 0 Å². The Hall–Kier alpha value is -1.02. The maximum absolute atomic E-state index is 10.5. The highest BCUT2D eigenvalue weighted by atomic mass is 32.2. The quantitative estimate of drug-likeness (QED) is 0.568. The fourth-order valence-electron chi connectivity index (χ4n) is 1.68. The van der Waals surface area contributed by atoms with Gasteiger partial charge in [0, 0.05) is 15.7 Å². The highest BCUT2D eigenvalue weighted by Gasteiger charge is 2.09. The van der Waals surface area contributed by atoms with Gasteiger partial charge in [0.05, 0.1) is 0 Å². The fraction of sp³-hybridized carbons (Fsp3) is 0.308. The highest BCUT2D eigenvalue weighted by Crippen LogP contribution is 2.29. The van der Waals surface area contributed by atoms with Crippen molar-refractivity contribution in [1.82, 2.24) is 0 Å². The van der Waals surface area contributed by atoms with Crippen molar-refractivity contribution in [3.63, 3.8) is 0 Å². The molecule has 15 heavy (non-hydrogen) atoms. The van der Waals surface area contributed by atoms with Crippen molar-refractivity contribution in [2.75, 3.05) is 0 Å². The number of aldehydes is 1. The molecule has 2 rings (SSSR count). The molecule has 1 aromatic rings. The number of carbonyl (C=O) groups is 1. The summed E-state index contributed by atoms with van der Waals surface area (Å²) >= 11 is 1.88. The second-order valence-corrected chi connectivity index (χ2v) is 5.01. The number of thioether (sulfide) groups is 1. The van der Waals surface area contributed by atoms with Crippen molar-refractivity contribution >= 4 is 18.0 Å². The lowest BCUT2D eigenvalue weighted by molar-refractivity contribution is 0.112. The van der Waals surface area contributed by atoms with E-state index in [0.717, 1.165) is 11.8 Å². The first-order valence-corrected chi connectivity index (χ1v) is 6.15. The van der Waals surface area contributed by atoms with Crippen LogP contribution in [0, 0.1) is 0 Å². The second-order valence-electron chi connectivity index (χ2n) is 3.70. The number of rotatable bonds is 3. The lowest BCUT2D eigenvalue weighted by Crippen LogP contribution is -2.01. The summed E-state index contributed by atoms with van der Waals surface area (Å²) in [7, 11) is 0. The zero-order valence-electron chi connectivity index (χ0n) is 8.56. The molecule has 78 valence electrons. The lowest BCUT2D eigenvalue weighted by Gasteiger charge is -2.15. The molecule has 0 aromatic heterocycles. The van der Waals surface area contributed by atoms with E-state index in [1.165, 1.54) is 24.2 Å². The van der Waals surface area contributed by atoms with Crippen LogP contribution in [-0.2, 0) is 0 Å². The molecular formula is C13H14OS. The number of benzene rings is 1. The molecular weight excluding hydrogens is 204 g/mol. The predicted molar refractivity (Wildman–Crippen MR) is 64.5 cm³/mol. The van der Waals surface area contributed by atoms with Gasteiger partial charge in [-0.2, -0.15) is 0 Å². The van der Waals surface area contributed by atoms with Gasteiger partial charge in [-0.1, -0.05) is 24.3 Å². The van der Waals surface area contributed by atoms with Crippen LogP contribution < -0.4 is 0 Å². The largest absolute Gasteiger partial charge is 0.298 e. The van der Waals surface area contributed by atoms with Gasteiger partial charge in [-0.15, -0.1) is 11.8 Å². The van der Waals surface area contributed by atoms with E-state index >= 15 is 0 Å². The molecule has 0 saturated heterocycles. The molecule has 1 aromatic carbocycles. The minimum Gasteiger partial charge on any atom is -0.298 e. The van der Waals surface area contributed by atoms with Crippen LogP contribution in [0.3, 0.4) is 0 Å². The van der Waals surface area contributed by atoms with Gasteiger partial charge in [-0.05, 0) is 31.4 Å². The van der Waals surface area contributed by atoms with E-state index in [1.54, 1.807) is 0 Å². The Morgan fingerprint density at radius 2 is 2.07 bits per heavy atom. The third-order valence-corrected chi connectivity index (χ3v) is 3.75. The van der Waals surface area contributed by atoms with Crippen LogP contribution in [0.2, 0.25) is 0 Å². The SMILES string of the molecule is O=Cc1ccc(SC2C=CCCC2)cc1. The maximum atomic E-state index is 10.5. The number of hydrogen-bond donors (Lipinski definition) is 0. The average molecular weight is 218 g/mol. The Kier molecular flexibility index (Phi) is 3.62. The zero-order chi connectivity index (χ0) is 10.5. The first kappa shape index (κ1) is 10.5. The van der Waals surface area contributed by atoms with Gasteiger partial charge in [0.25, 0.3) is 0 Å². The Morgan fingerprint density at radius 3 is 2.67 bits per heavy atom. The van der Waals surface area contributed by atoms with E-state index in [4.69, 9.17) is 0 Å². The molecule has 0 fully saturated rings. The molecule has 0 spiro atoms. The number of hydrogen-bond acceptors (Lipinski definition) is 2. The van der Waals surface area contributed by atoms with Crippen LogP contribution in [-0.4, -0.2) is 11.5 Å². The first-order chi connectivity index (χ1) is 7.38. The molecule has 0 aliphatic heterocycles. The summed E-state index contributed by atoms with van der Waals surface area (Å²) in [5.74, 6) is 0. The summed E-state index contributed by atoms with van der Waals surface area (Å²) in [6.45, 7) is 0. The van der Waals surface area contributed by atoms with Gasteiger partial charge < -0.3 is 0 Å². The summed E-state index contributed by atoms with van der Waals surface area (Å²) in [5, 5.41) is 0.612. The van der Waals surface area contributed by atoms with Crippen LogP contribution >= 0.6 is 11.8 Å². The van der Waals surface area contributed by atoms with E-state index in [9.17, 15) is 4.79 Å². The summed E-state index contributed by atoms with van der Waals surface area (Å²) in [4.78, 5) is 11.7. The molecule has 0 N–H and O–H groups in total. The molecule has 0 amide bonds. The zero-order valence-corrected chi connectivity index (χ0v) is 9.37. The van der Waals surface area contributed by atoms with Crippen molar-refractivity contribution in [2.24, 2.45) is 0 Å². The van der Waals surface area contributed by atoms with Crippen LogP contribution in [0.1, 0.15) is 29.6 Å². The molecule has 0 radical (unpaired) electrons. The van der Waals surface area contributed by atoms with E-state index < -0.39 is 0 Å². The van der Waals surface area contributed by atoms with E-state index in [1.807, 2.05) is 36.0 Å². The topological polar surface area (TPSA) is 17.1 Å². The van der Waals surface area contributed by atoms with Gasteiger partial charge in [0.1, 0.15) is 6.29 Å². The van der Waals surface area contributed by atoms with Crippen molar-refractivity contribution in [3.8, 4) is 0 Å². The molecule has 0 heterocycles. The van der Waals surface area contributed by atoms with Crippen LogP contribution in [0.25, 0.3) is 0 Å². The lowest BCUT2D eigenvalue weighted by atomic mass is 10.1. The van der Waals surface area contributed by atoms with Crippen LogP contribution in [0.5, 0.6) is 0 Å². The second kappa shape index (κ2) is 5.17. The van der Waals surface area contributed by atoms with Crippen molar-refractivity contribution in [2.45, 2.75) is 29.4 Å². The summed E-state index contributed by atoms with van der Waals surface area (Å²) < 4.78 is 0. The fourth-order valence-corrected chi connectivity index (χ4v) is 2.80. The first-order valence-electron chi connectivity index (χ1n) is 5.27. The van der Waals surface area contributed by atoms with Crippen LogP contribution in [0.15, 0.2) is 41.3 Å². The van der Waals surface area contributed by atoms with E-state index in [0.29, 0.717) is 5.25 Å². The molecule has 2 heteroatoms. The molecule has 1 aliphatic rings. The number of carbonyl (C=O) groups excluding carboxylic acids is 1.